The molecule has 1 aliphatic heterocycles. The summed E-state index contributed by atoms with van der Waals surface area (Å²) in [6, 6.07) is 5.93. The van der Waals surface area contributed by atoms with Crippen molar-refractivity contribution in [3.05, 3.63) is 35.7 Å². The molecular weight excluding hydrogens is 256 g/mol. The zero-order chi connectivity index (χ0) is 13.8. The molecule has 0 amide bonds. The molecule has 0 fully saturated rings. The molecule has 0 saturated heterocycles. The van der Waals surface area contributed by atoms with Crippen molar-refractivity contribution in [3.8, 4) is 11.5 Å². The molecular formula is C14H18N4O2. The Hall–Kier alpha value is -2.08. The molecule has 1 aliphatic rings. The van der Waals surface area contributed by atoms with E-state index in [-0.39, 0.29) is 0 Å². The largest absolute Gasteiger partial charge is 0.454 e. The number of benzene rings is 1. The van der Waals surface area contributed by atoms with Crippen LogP contribution in [0.25, 0.3) is 0 Å². The van der Waals surface area contributed by atoms with Gasteiger partial charge in [-0.3, -0.25) is 0 Å². The molecule has 0 spiro atoms. The van der Waals surface area contributed by atoms with Gasteiger partial charge in [0.25, 0.3) is 0 Å². The van der Waals surface area contributed by atoms with Gasteiger partial charge >= 0.3 is 0 Å². The smallest absolute Gasteiger partial charge is 0.231 e. The molecule has 0 radical (unpaired) electrons. The van der Waals surface area contributed by atoms with E-state index in [0.29, 0.717) is 13.3 Å². The molecule has 1 N–H and O–H groups in total. The molecule has 1 aromatic carbocycles. The molecule has 2 heterocycles. The number of ether oxygens (including phenoxy) is 2. The number of hydrogen-bond donors (Lipinski definition) is 1. The van der Waals surface area contributed by atoms with Crippen molar-refractivity contribution < 1.29 is 9.47 Å². The predicted octanol–water partition coefficient (Wildman–Crippen LogP) is 1.55. The molecule has 0 atom stereocenters. The maximum absolute atomic E-state index is 5.37. The molecule has 0 bridgehead atoms. The van der Waals surface area contributed by atoms with E-state index in [9.17, 15) is 0 Å². The minimum Gasteiger partial charge on any atom is -0.454 e. The van der Waals surface area contributed by atoms with E-state index < -0.39 is 0 Å². The predicted molar refractivity (Wildman–Crippen MR) is 73.7 cm³/mol. The Morgan fingerprint density at radius 1 is 1.30 bits per heavy atom. The second-order valence-electron chi connectivity index (χ2n) is 4.77. The first kappa shape index (κ1) is 12.9. The van der Waals surface area contributed by atoms with E-state index in [1.54, 1.807) is 0 Å². The number of aromatic nitrogens is 3. The van der Waals surface area contributed by atoms with Gasteiger partial charge in [-0.2, -0.15) is 0 Å². The second kappa shape index (κ2) is 5.92. The van der Waals surface area contributed by atoms with Crippen molar-refractivity contribution in [1.82, 2.24) is 20.3 Å². The second-order valence-corrected chi connectivity index (χ2v) is 4.77. The van der Waals surface area contributed by atoms with Gasteiger partial charge in [-0.1, -0.05) is 18.2 Å². The lowest BCUT2D eigenvalue weighted by Crippen LogP contribution is -2.13. The summed E-state index contributed by atoms with van der Waals surface area (Å²) < 4.78 is 12.5. The first-order valence-corrected chi connectivity index (χ1v) is 6.83. The topological polar surface area (TPSA) is 61.2 Å². The van der Waals surface area contributed by atoms with Crippen LogP contribution < -0.4 is 14.8 Å². The van der Waals surface area contributed by atoms with Crippen molar-refractivity contribution in [2.75, 3.05) is 13.3 Å². The van der Waals surface area contributed by atoms with Crippen molar-refractivity contribution in [2.45, 2.75) is 26.4 Å². The molecule has 20 heavy (non-hydrogen) atoms. The molecule has 3 rings (SSSR count). The minimum atomic E-state index is 0.301. The number of rotatable bonds is 6. The van der Waals surface area contributed by atoms with Gasteiger partial charge in [-0.05, 0) is 30.7 Å². The Morgan fingerprint density at radius 3 is 3.10 bits per heavy atom. The monoisotopic (exact) mass is 274 g/mol. The van der Waals surface area contributed by atoms with E-state index in [1.165, 1.54) is 0 Å². The van der Waals surface area contributed by atoms with Crippen LogP contribution in [0.15, 0.2) is 24.4 Å². The van der Waals surface area contributed by atoms with Gasteiger partial charge in [-0.15, -0.1) is 5.10 Å². The van der Waals surface area contributed by atoms with Crippen LogP contribution in [0.2, 0.25) is 0 Å². The van der Waals surface area contributed by atoms with E-state index in [0.717, 1.165) is 42.3 Å². The van der Waals surface area contributed by atoms with Gasteiger partial charge in [-0.25, -0.2) is 4.68 Å². The fourth-order valence-electron chi connectivity index (χ4n) is 2.12. The van der Waals surface area contributed by atoms with Crippen LogP contribution in [-0.4, -0.2) is 28.3 Å². The fraction of sp³-hybridized carbons (Fsp3) is 0.429. The van der Waals surface area contributed by atoms with E-state index in [4.69, 9.17) is 9.47 Å². The minimum absolute atomic E-state index is 0.301. The first-order valence-electron chi connectivity index (χ1n) is 6.83. The highest BCUT2D eigenvalue weighted by Gasteiger charge is 2.13. The van der Waals surface area contributed by atoms with Gasteiger partial charge in [0.1, 0.15) is 0 Å². The maximum atomic E-state index is 5.37. The quantitative estimate of drug-likeness (QED) is 0.810. The Labute approximate surface area is 117 Å². The van der Waals surface area contributed by atoms with Crippen molar-refractivity contribution in [1.29, 1.82) is 0 Å². The van der Waals surface area contributed by atoms with Crippen molar-refractivity contribution in [2.24, 2.45) is 0 Å². The molecule has 106 valence electrons. The Morgan fingerprint density at radius 2 is 2.20 bits per heavy atom. The number of fused-ring (bicyclic) bond motifs is 1. The zero-order valence-corrected chi connectivity index (χ0v) is 11.5. The van der Waals surface area contributed by atoms with E-state index >= 15 is 0 Å². The SMILES string of the molecule is CCCNCc1cn(Cc2ccc3c(c2)OCO3)nn1. The van der Waals surface area contributed by atoms with Gasteiger partial charge in [0.15, 0.2) is 11.5 Å². The highest BCUT2D eigenvalue weighted by Crippen LogP contribution is 2.32. The summed E-state index contributed by atoms with van der Waals surface area (Å²) in [6.07, 6.45) is 3.08. The third-order valence-electron chi connectivity index (χ3n) is 3.10. The standard InChI is InChI=1S/C14H18N4O2/c1-2-5-15-7-12-9-18(17-16-12)8-11-3-4-13-14(6-11)20-10-19-13/h3-4,6,9,15H,2,5,7-8,10H2,1H3. The van der Waals surface area contributed by atoms with Crippen LogP contribution in [0.4, 0.5) is 0 Å². The van der Waals surface area contributed by atoms with Gasteiger partial charge in [0, 0.05) is 6.54 Å². The van der Waals surface area contributed by atoms with E-state index in [1.807, 2.05) is 29.1 Å². The third kappa shape index (κ3) is 2.91. The highest BCUT2D eigenvalue weighted by molar-refractivity contribution is 5.44. The zero-order valence-electron chi connectivity index (χ0n) is 11.5. The van der Waals surface area contributed by atoms with Crippen LogP contribution >= 0.6 is 0 Å². The van der Waals surface area contributed by atoms with Crippen LogP contribution in [0, 0.1) is 0 Å². The normalized spacial score (nSPS) is 12.8. The number of nitrogens with zero attached hydrogens (tertiary/aromatic N) is 3. The summed E-state index contributed by atoms with van der Waals surface area (Å²) in [5, 5.41) is 11.6. The summed E-state index contributed by atoms with van der Waals surface area (Å²) in [7, 11) is 0. The van der Waals surface area contributed by atoms with Crippen LogP contribution in [-0.2, 0) is 13.1 Å². The molecule has 0 saturated carbocycles. The van der Waals surface area contributed by atoms with Crippen molar-refractivity contribution >= 4 is 0 Å². The summed E-state index contributed by atoms with van der Waals surface area (Å²) >= 11 is 0. The van der Waals surface area contributed by atoms with Crippen LogP contribution in [0.5, 0.6) is 11.5 Å². The van der Waals surface area contributed by atoms with Gasteiger partial charge < -0.3 is 14.8 Å². The number of nitrogens with one attached hydrogen (secondary N) is 1. The Bertz CT molecular complexity index is 582. The first-order chi connectivity index (χ1) is 9.85. The van der Waals surface area contributed by atoms with Gasteiger partial charge in [0.05, 0.1) is 18.4 Å². The molecule has 0 aliphatic carbocycles. The fourth-order valence-corrected chi connectivity index (χ4v) is 2.12. The summed E-state index contributed by atoms with van der Waals surface area (Å²) in [5.41, 5.74) is 2.08. The number of hydrogen-bond acceptors (Lipinski definition) is 5. The lowest BCUT2D eigenvalue weighted by Gasteiger charge is -2.02. The van der Waals surface area contributed by atoms with E-state index in [2.05, 4.69) is 22.6 Å². The molecule has 6 nitrogen and oxygen atoms in total. The highest BCUT2D eigenvalue weighted by atomic mass is 16.7. The molecule has 0 unspecified atom stereocenters. The van der Waals surface area contributed by atoms with Crippen molar-refractivity contribution in [3.63, 3.8) is 0 Å². The average Bonchev–Trinajstić information content (AvgIpc) is 3.08. The summed E-state index contributed by atoms with van der Waals surface area (Å²) in [6.45, 7) is 4.88. The van der Waals surface area contributed by atoms with Crippen LogP contribution in [0.3, 0.4) is 0 Å². The lowest BCUT2D eigenvalue weighted by molar-refractivity contribution is 0.174. The molecule has 6 heteroatoms. The van der Waals surface area contributed by atoms with Crippen LogP contribution in [0.1, 0.15) is 24.6 Å². The average molecular weight is 274 g/mol. The summed E-state index contributed by atoms with van der Waals surface area (Å²) in [5.74, 6) is 1.60. The molecule has 2 aromatic rings. The Balaban J connectivity index is 1.63. The maximum Gasteiger partial charge on any atom is 0.231 e. The Kier molecular flexibility index (Phi) is 3.83. The summed E-state index contributed by atoms with van der Waals surface area (Å²) in [4.78, 5) is 0. The third-order valence-corrected chi connectivity index (χ3v) is 3.10. The van der Waals surface area contributed by atoms with Gasteiger partial charge in [0.2, 0.25) is 6.79 Å². The molecule has 1 aromatic heterocycles. The lowest BCUT2D eigenvalue weighted by atomic mass is 10.2.